The molecule has 5 nitrogen and oxygen atoms in total. The zero-order chi connectivity index (χ0) is 14.5. The van der Waals surface area contributed by atoms with E-state index in [0.29, 0.717) is 17.5 Å². The molecule has 0 fully saturated rings. The first-order chi connectivity index (χ1) is 9.60. The lowest BCUT2D eigenvalue weighted by Crippen LogP contribution is -2.18. The van der Waals surface area contributed by atoms with E-state index >= 15 is 0 Å². The van der Waals surface area contributed by atoms with Gasteiger partial charge in [-0.1, -0.05) is 6.07 Å². The summed E-state index contributed by atoms with van der Waals surface area (Å²) < 4.78 is 0. The molecule has 2 rings (SSSR count). The van der Waals surface area contributed by atoms with Gasteiger partial charge in [0, 0.05) is 29.0 Å². The maximum absolute atomic E-state index is 11.0. The summed E-state index contributed by atoms with van der Waals surface area (Å²) in [6.07, 6.45) is 1.40. The summed E-state index contributed by atoms with van der Waals surface area (Å²) >= 11 is 1.66. The summed E-state index contributed by atoms with van der Waals surface area (Å²) in [5, 5.41) is 16.2. The lowest BCUT2D eigenvalue weighted by atomic mass is 10.1. The smallest absolute Gasteiger partial charge is 0.293 e. The predicted molar refractivity (Wildman–Crippen MR) is 79.6 cm³/mol. The minimum Gasteiger partial charge on any atom is -0.377 e. The number of carbonyl (C=O) groups is 1. The first-order valence-electron chi connectivity index (χ1n) is 6.12. The largest absolute Gasteiger partial charge is 0.377 e. The summed E-state index contributed by atoms with van der Waals surface area (Å²) in [4.78, 5) is 22.5. The molecule has 0 saturated carbocycles. The predicted octanol–water partition coefficient (Wildman–Crippen LogP) is 3.51. The van der Waals surface area contributed by atoms with Crippen LogP contribution in [0, 0.1) is 10.1 Å². The van der Waals surface area contributed by atoms with E-state index in [0.717, 1.165) is 6.42 Å². The van der Waals surface area contributed by atoms with Crippen molar-refractivity contribution >= 4 is 29.0 Å². The Morgan fingerprint density at radius 2 is 2.25 bits per heavy atom. The molecule has 1 unspecified atom stereocenters. The van der Waals surface area contributed by atoms with Gasteiger partial charge in [-0.25, -0.2) is 0 Å². The molecule has 0 spiro atoms. The van der Waals surface area contributed by atoms with E-state index in [1.807, 2.05) is 24.4 Å². The van der Waals surface area contributed by atoms with Crippen LogP contribution in [0.2, 0.25) is 0 Å². The molecule has 0 saturated heterocycles. The zero-order valence-corrected chi connectivity index (χ0v) is 11.7. The highest BCUT2D eigenvalue weighted by atomic mass is 32.1. The number of anilines is 1. The molecule has 0 radical (unpaired) electrons. The van der Waals surface area contributed by atoms with E-state index in [1.165, 1.54) is 10.9 Å². The molecular weight excluding hydrogens is 276 g/mol. The standard InChI is InChI=1S/C14H14N2O3S/c1-10(7-12-3-2-6-20-12)15-13-5-4-11(9-17)8-14(13)16(18)19/h2-6,8-10,15H,7H2,1H3. The molecule has 1 aromatic carbocycles. The van der Waals surface area contributed by atoms with E-state index in [1.54, 1.807) is 23.5 Å². The first kappa shape index (κ1) is 14.2. The minimum atomic E-state index is -0.479. The molecule has 0 aliphatic rings. The molecule has 0 aliphatic heterocycles. The quantitative estimate of drug-likeness (QED) is 0.502. The van der Waals surface area contributed by atoms with Gasteiger partial charge in [0.15, 0.2) is 0 Å². The molecule has 0 bridgehead atoms. The van der Waals surface area contributed by atoms with Gasteiger partial charge >= 0.3 is 0 Å². The summed E-state index contributed by atoms with van der Waals surface area (Å²) in [6, 6.07) is 8.51. The van der Waals surface area contributed by atoms with Crippen LogP contribution in [-0.4, -0.2) is 17.3 Å². The van der Waals surface area contributed by atoms with Crippen LogP contribution in [0.1, 0.15) is 22.2 Å². The Morgan fingerprint density at radius 3 is 2.85 bits per heavy atom. The maximum atomic E-state index is 11.0. The first-order valence-corrected chi connectivity index (χ1v) is 7.00. The minimum absolute atomic E-state index is 0.0643. The Kier molecular flexibility index (Phi) is 4.47. The van der Waals surface area contributed by atoms with Crippen LogP contribution in [0.3, 0.4) is 0 Å². The van der Waals surface area contributed by atoms with Gasteiger partial charge in [-0.05, 0) is 30.5 Å². The second kappa shape index (κ2) is 6.29. The number of hydrogen-bond acceptors (Lipinski definition) is 5. The number of hydrogen-bond donors (Lipinski definition) is 1. The third-order valence-electron chi connectivity index (χ3n) is 2.84. The lowest BCUT2D eigenvalue weighted by Gasteiger charge is -2.14. The van der Waals surface area contributed by atoms with Gasteiger partial charge in [-0.3, -0.25) is 14.9 Å². The van der Waals surface area contributed by atoms with Crippen molar-refractivity contribution in [2.45, 2.75) is 19.4 Å². The maximum Gasteiger partial charge on any atom is 0.293 e. The van der Waals surface area contributed by atoms with Gasteiger partial charge in [-0.15, -0.1) is 11.3 Å². The van der Waals surface area contributed by atoms with Gasteiger partial charge in [0.25, 0.3) is 5.69 Å². The monoisotopic (exact) mass is 290 g/mol. The number of thiophene rings is 1. The van der Waals surface area contributed by atoms with E-state index in [9.17, 15) is 14.9 Å². The molecule has 0 aliphatic carbocycles. The van der Waals surface area contributed by atoms with Crippen molar-refractivity contribution in [3.8, 4) is 0 Å². The van der Waals surface area contributed by atoms with Gasteiger partial charge < -0.3 is 5.32 Å². The van der Waals surface area contributed by atoms with Crippen molar-refractivity contribution in [1.82, 2.24) is 0 Å². The highest BCUT2D eigenvalue weighted by Crippen LogP contribution is 2.26. The molecule has 1 aromatic heterocycles. The Bertz CT molecular complexity index is 611. The number of benzene rings is 1. The van der Waals surface area contributed by atoms with Gasteiger partial charge in [0.2, 0.25) is 0 Å². The fraction of sp³-hybridized carbons (Fsp3) is 0.214. The van der Waals surface area contributed by atoms with Crippen LogP contribution in [0.4, 0.5) is 11.4 Å². The van der Waals surface area contributed by atoms with Crippen molar-refractivity contribution in [2.24, 2.45) is 0 Å². The summed E-state index contributed by atoms with van der Waals surface area (Å²) in [7, 11) is 0. The van der Waals surface area contributed by atoms with Gasteiger partial charge in [0.1, 0.15) is 12.0 Å². The summed E-state index contributed by atoms with van der Waals surface area (Å²) in [6.45, 7) is 1.97. The molecule has 104 valence electrons. The Morgan fingerprint density at radius 1 is 1.45 bits per heavy atom. The third kappa shape index (κ3) is 3.42. The fourth-order valence-corrected chi connectivity index (χ4v) is 2.78. The van der Waals surface area contributed by atoms with Crippen LogP contribution < -0.4 is 5.32 Å². The highest BCUT2D eigenvalue weighted by Gasteiger charge is 2.16. The highest BCUT2D eigenvalue weighted by molar-refractivity contribution is 7.09. The van der Waals surface area contributed by atoms with Crippen molar-refractivity contribution in [3.05, 3.63) is 56.3 Å². The van der Waals surface area contributed by atoms with Gasteiger partial charge in [0.05, 0.1) is 4.92 Å². The van der Waals surface area contributed by atoms with Gasteiger partial charge in [-0.2, -0.15) is 0 Å². The lowest BCUT2D eigenvalue weighted by molar-refractivity contribution is -0.384. The summed E-state index contributed by atoms with van der Waals surface area (Å²) in [5.74, 6) is 0. The topological polar surface area (TPSA) is 72.2 Å². The average molecular weight is 290 g/mol. The van der Waals surface area contributed by atoms with Crippen molar-refractivity contribution < 1.29 is 9.72 Å². The zero-order valence-electron chi connectivity index (χ0n) is 10.9. The van der Waals surface area contributed by atoms with Crippen molar-refractivity contribution in [2.75, 3.05) is 5.32 Å². The average Bonchev–Trinajstić information content (AvgIpc) is 2.91. The Balaban J connectivity index is 2.15. The molecule has 6 heteroatoms. The van der Waals surface area contributed by atoms with E-state index < -0.39 is 4.92 Å². The van der Waals surface area contributed by atoms with E-state index in [2.05, 4.69) is 5.32 Å². The number of rotatable bonds is 6. The number of aldehydes is 1. The molecule has 1 N–H and O–H groups in total. The third-order valence-corrected chi connectivity index (χ3v) is 3.74. The Hall–Kier alpha value is -2.21. The summed E-state index contributed by atoms with van der Waals surface area (Å²) in [5.41, 5.74) is 0.658. The number of nitrogens with one attached hydrogen (secondary N) is 1. The van der Waals surface area contributed by atoms with Crippen LogP contribution in [0.5, 0.6) is 0 Å². The fourth-order valence-electron chi connectivity index (χ4n) is 1.94. The second-order valence-corrected chi connectivity index (χ2v) is 5.51. The Labute approximate surface area is 120 Å². The molecule has 2 aromatic rings. The van der Waals surface area contributed by atoms with Crippen LogP contribution >= 0.6 is 11.3 Å². The SMILES string of the molecule is CC(Cc1cccs1)Nc1ccc(C=O)cc1[N+](=O)[O-]. The van der Waals surface area contributed by atoms with Crippen LogP contribution in [0.15, 0.2) is 35.7 Å². The molecule has 20 heavy (non-hydrogen) atoms. The molecular formula is C14H14N2O3S. The van der Waals surface area contributed by atoms with Crippen LogP contribution in [0.25, 0.3) is 0 Å². The van der Waals surface area contributed by atoms with E-state index in [4.69, 9.17) is 0 Å². The number of nitrogens with zero attached hydrogens (tertiary/aromatic N) is 1. The molecule has 0 amide bonds. The van der Waals surface area contributed by atoms with Crippen LogP contribution in [-0.2, 0) is 6.42 Å². The second-order valence-electron chi connectivity index (χ2n) is 4.48. The van der Waals surface area contributed by atoms with Crippen molar-refractivity contribution in [1.29, 1.82) is 0 Å². The number of nitro groups is 1. The van der Waals surface area contributed by atoms with Crippen molar-refractivity contribution in [3.63, 3.8) is 0 Å². The normalized spacial score (nSPS) is 11.8. The number of carbonyl (C=O) groups excluding carboxylic acids is 1. The molecule has 1 atom stereocenters. The van der Waals surface area contributed by atoms with E-state index in [-0.39, 0.29) is 11.7 Å². The number of nitro benzene ring substituents is 1. The molecule has 1 heterocycles.